The van der Waals surface area contributed by atoms with Gasteiger partial charge in [-0.15, -0.1) is 0 Å². The molecule has 1 aliphatic heterocycles. The van der Waals surface area contributed by atoms with Crippen molar-refractivity contribution in [1.29, 1.82) is 0 Å². The van der Waals surface area contributed by atoms with Crippen molar-refractivity contribution in [3.8, 4) is 0 Å². The van der Waals surface area contributed by atoms with E-state index in [1.807, 2.05) is 12.4 Å². The van der Waals surface area contributed by atoms with Gasteiger partial charge in [0.2, 0.25) is 0 Å². The zero-order valence-electron chi connectivity index (χ0n) is 10.6. The summed E-state index contributed by atoms with van der Waals surface area (Å²) < 4.78 is 0. The van der Waals surface area contributed by atoms with Crippen LogP contribution in [0.15, 0.2) is 24.5 Å². The molecule has 0 aromatic carbocycles. The van der Waals surface area contributed by atoms with Gasteiger partial charge in [-0.2, -0.15) is 0 Å². The van der Waals surface area contributed by atoms with E-state index >= 15 is 0 Å². The lowest BCUT2D eigenvalue weighted by Crippen LogP contribution is -2.46. The van der Waals surface area contributed by atoms with Crippen LogP contribution in [-0.2, 0) is 0 Å². The number of aromatic nitrogens is 1. The molecule has 16 heavy (non-hydrogen) atoms. The number of nitrogens with zero attached hydrogens (tertiary/aromatic N) is 2. The summed E-state index contributed by atoms with van der Waals surface area (Å²) in [6.45, 7) is 8.15. The topological polar surface area (TPSA) is 16.1 Å². The molecule has 1 fully saturated rings. The number of rotatable bonds is 1. The Morgan fingerprint density at radius 3 is 2.50 bits per heavy atom. The third-order valence-electron chi connectivity index (χ3n) is 3.46. The first-order valence-electron chi connectivity index (χ1n) is 6.26. The van der Waals surface area contributed by atoms with Gasteiger partial charge in [0, 0.05) is 24.0 Å². The minimum absolute atomic E-state index is 0.258. The summed E-state index contributed by atoms with van der Waals surface area (Å²) >= 11 is 0. The zero-order valence-corrected chi connectivity index (χ0v) is 10.6. The van der Waals surface area contributed by atoms with Gasteiger partial charge in [0.1, 0.15) is 0 Å². The van der Waals surface area contributed by atoms with Crippen molar-refractivity contribution in [2.75, 3.05) is 6.54 Å². The van der Waals surface area contributed by atoms with Gasteiger partial charge in [-0.3, -0.25) is 9.88 Å². The van der Waals surface area contributed by atoms with Crippen LogP contribution in [0, 0.1) is 0 Å². The van der Waals surface area contributed by atoms with Crippen LogP contribution in [0.4, 0.5) is 0 Å². The van der Waals surface area contributed by atoms with Crippen molar-refractivity contribution in [3.05, 3.63) is 30.1 Å². The van der Waals surface area contributed by atoms with Crippen LogP contribution in [0.5, 0.6) is 0 Å². The Balaban J connectivity index is 2.24. The van der Waals surface area contributed by atoms with Gasteiger partial charge >= 0.3 is 0 Å². The van der Waals surface area contributed by atoms with E-state index in [1.54, 1.807) is 0 Å². The van der Waals surface area contributed by atoms with Crippen LogP contribution in [0.1, 0.15) is 51.6 Å². The Bertz CT molecular complexity index is 326. The highest BCUT2D eigenvalue weighted by molar-refractivity contribution is 5.16. The van der Waals surface area contributed by atoms with E-state index in [1.165, 1.54) is 31.4 Å². The molecule has 0 aliphatic carbocycles. The predicted molar refractivity (Wildman–Crippen MR) is 67.3 cm³/mol. The number of likely N-dealkylation sites (tertiary alicyclic amines) is 1. The van der Waals surface area contributed by atoms with Gasteiger partial charge in [-0.1, -0.05) is 6.42 Å². The van der Waals surface area contributed by atoms with Gasteiger partial charge in [0.15, 0.2) is 0 Å². The van der Waals surface area contributed by atoms with E-state index in [0.29, 0.717) is 6.04 Å². The van der Waals surface area contributed by atoms with Crippen molar-refractivity contribution >= 4 is 0 Å². The van der Waals surface area contributed by atoms with Crippen molar-refractivity contribution in [1.82, 2.24) is 9.88 Å². The summed E-state index contributed by atoms with van der Waals surface area (Å²) in [5.41, 5.74) is 1.68. The predicted octanol–water partition coefficient (Wildman–Crippen LogP) is 3.41. The van der Waals surface area contributed by atoms with Crippen molar-refractivity contribution in [3.63, 3.8) is 0 Å². The number of hydrogen-bond donors (Lipinski definition) is 0. The maximum absolute atomic E-state index is 4.11. The van der Waals surface area contributed by atoms with Crippen LogP contribution in [0.2, 0.25) is 0 Å². The Morgan fingerprint density at radius 1 is 1.19 bits per heavy atom. The number of piperidine rings is 1. The monoisotopic (exact) mass is 218 g/mol. The zero-order chi connectivity index (χ0) is 11.6. The Morgan fingerprint density at radius 2 is 1.88 bits per heavy atom. The Kier molecular flexibility index (Phi) is 3.29. The summed E-state index contributed by atoms with van der Waals surface area (Å²) in [6, 6.07) is 4.90. The maximum Gasteiger partial charge on any atom is 0.0354 e. The molecule has 0 N–H and O–H groups in total. The van der Waals surface area contributed by atoms with Crippen LogP contribution >= 0.6 is 0 Å². The molecule has 0 saturated carbocycles. The molecule has 2 rings (SSSR count). The van der Waals surface area contributed by atoms with Gasteiger partial charge in [0.05, 0.1) is 0 Å². The summed E-state index contributed by atoms with van der Waals surface area (Å²) in [4.78, 5) is 6.74. The smallest absolute Gasteiger partial charge is 0.0354 e. The maximum atomic E-state index is 4.11. The minimum atomic E-state index is 0.258. The third-order valence-corrected chi connectivity index (χ3v) is 3.46. The van der Waals surface area contributed by atoms with E-state index in [-0.39, 0.29) is 5.54 Å². The van der Waals surface area contributed by atoms with E-state index in [4.69, 9.17) is 0 Å². The molecule has 0 amide bonds. The lowest BCUT2D eigenvalue weighted by molar-refractivity contribution is 0.0509. The van der Waals surface area contributed by atoms with Crippen molar-refractivity contribution in [2.24, 2.45) is 0 Å². The summed E-state index contributed by atoms with van der Waals surface area (Å²) in [6.07, 6.45) is 7.77. The van der Waals surface area contributed by atoms with E-state index in [9.17, 15) is 0 Å². The molecule has 1 atom stereocenters. The first-order valence-corrected chi connectivity index (χ1v) is 6.26. The van der Waals surface area contributed by atoms with Gasteiger partial charge in [-0.25, -0.2) is 0 Å². The van der Waals surface area contributed by atoms with E-state index < -0.39 is 0 Å². The lowest BCUT2D eigenvalue weighted by atomic mass is 9.91. The Hall–Kier alpha value is -0.890. The normalized spacial score (nSPS) is 23.3. The second-order valence-electron chi connectivity index (χ2n) is 5.66. The standard InChI is InChI=1S/C14H22N2/c1-14(2,3)16-11-5-4-6-13(16)12-7-9-15-10-8-12/h7-10,13H,4-6,11H2,1-3H3. The summed E-state index contributed by atoms with van der Waals surface area (Å²) in [5.74, 6) is 0. The summed E-state index contributed by atoms with van der Waals surface area (Å²) in [7, 11) is 0. The van der Waals surface area contributed by atoms with Crippen LogP contribution in [0.3, 0.4) is 0 Å². The first-order chi connectivity index (χ1) is 7.59. The molecule has 0 spiro atoms. The molecule has 2 heterocycles. The van der Waals surface area contributed by atoms with Crippen molar-refractivity contribution < 1.29 is 0 Å². The second-order valence-corrected chi connectivity index (χ2v) is 5.66. The van der Waals surface area contributed by atoms with Crippen LogP contribution in [0.25, 0.3) is 0 Å². The Labute approximate surface area is 98.7 Å². The highest BCUT2D eigenvalue weighted by atomic mass is 15.2. The number of hydrogen-bond acceptors (Lipinski definition) is 2. The third kappa shape index (κ3) is 2.43. The van der Waals surface area contributed by atoms with Gasteiger partial charge in [0.25, 0.3) is 0 Å². The molecule has 88 valence electrons. The molecule has 1 saturated heterocycles. The van der Waals surface area contributed by atoms with E-state index in [0.717, 1.165) is 0 Å². The molecule has 2 nitrogen and oxygen atoms in total. The molecule has 1 aliphatic rings. The van der Waals surface area contributed by atoms with E-state index in [2.05, 4.69) is 42.8 Å². The molecule has 2 heteroatoms. The van der Waals surface area contributed by atoms with Gasteiger partial charge < -0.3 is 0 Å². The average Bonchev–Trinajstić information content (AvgIpc) is 2.29. The quantitative estimate of drug-likeness (QED) is 0.718. The highest BCUT2D eigenvalue weighted by Crippen LogP contribution is 2.35. The lowest BCUT2D eigenvalue weighted by Gasteiger charge is -2.44. The molecule has 1 aromatic heterocycles. The molecular weight excluding hydrogens is 196 g/mol. The molecule has 1 aromatic rings. The second kappa shape index (κ2) is 4.54. The molecule has 0 radical (unpaired) electrons. The molecule has 1 unspecified atom stereocenters. The number of pyridine rings is 1. The molecule has 0 bridgehead atoms. The van der Waals surface area contributed by atoms with Crippen molar-refractivity contribution in [2.45, 2.75) is 51.6 Å². The van der Waals surface area contributed by atoms with Crippen LogP contribution in [-0.4, -0.2) is 22.0 Å². The minimum Gasteiger partial charge on any atom is -0.291 e. The fourth-order valence-corrected chi connectivity index (χ4v) is 2.67. The van der Waals surface area contributed by atoms with Crippen LogP contribution < -0.4 is 0 Å². The SMILES string of the molecule is CC(C)(C)N1CCCCC1c1ccncc1. The highest BCUT2D eigenvalue weighted by Gasteiger charge is 2.31. The first kappa shape index (κ1) is 11.6. The fourth-order valence-electron chi connectivity index (χ4n) is 2.67. The largest absolute Gasteiger partial charge is 0.291 e. The molecular formula is C14H22N2. The summed E-state index contributed by atoms with van der Waals surface area (Å²) in [5, 5.41) is 0. The fraction of sp³-hybridized carbons (Fsp3) is 0.643. The van der Waals surface area contributed by atoms with Gasteiger partial charge in [-0.05, 0) is 57.9 Å². The average molecular weight is 218 g/mol.